The van der Waals surface area contributed by atoms with Crippen LogP contribution in [-0.2, 0) is 28.8 Å². The van der Waals surface area contributed by atoms with Crippen molar-refractivity contribution in [2.24, 2.45) is 5.73 Å². The lowest BCUT2D eigenvalue weighted by atomic mass is 10.2. The maximum absolute atomic E-state index is 11.9. The highest BCUT2D eigenvalue weighted by atomic mass is 16.4. The van der Waals surface area contributed by atoms with Gasteiger partial charge in [0.1, 0.15) is 0 Å². The first-order valence-corrected chi connectivity index (χ1v) is 11.5. The number of primary amides is 1. The fraction of sp³-hybridized carbons (Fsp3) is 0.714. The monoisotopic (exact) mass is 484 g/mol. The Hall–Kier alpha value is -3.22. The lowest BCUT2D eigenvalue weighted by Gasteiger charge is -2.21. The van der Waals surface area contributed by atoms with Crippen LogP contribution in [0.2, 0.25) is 0 Å². The number of hydrogen-bond donors (Lipinski definition) is 6. The minimum absolute atomic E-state index is 0.0421. The third kappa shape index (κ3) is 13.4. The summed E-state index contributed by atoms with van der Waals surface area (Å²) in [6, 6.07) is -0.261. The lowest BCUT2D eigenvalue weighted by molar-refractivity contribution is -0.137. The zero-order chi connectivity index (χ0) is 25.3. The molecule has 1 rings (SSSR count). The quantitative estimate of drug-likeness (QED) is 0.125. The number of likely N-dealkylation sites (tertiary alicyclic amines) is 1. The molecule has 1 aliphatic heterocycles. The van der Waals surface area contributed by atoms with Crippen LogP contribution in [0, 0.1) is 0 Å². The smallest absolute Gasteiger partial charge is 0.303 e. The molecule has 0 spiro atoms. The Kier molecular flexibility index (Phi) is 13.9. The van der Waals surface area contributed by atoms with E-state index in [9.17, 15) is 28.8 Å². The average Bonchev–Trinajstić information content (AvgIpc) is 3.25. The third-order valence-corrected chi connectivity index (χ3v) is 5.23. The first kappa shape index (κ1) is 28.8. The van der Waals surface area contributed by atoms with Gasteiger partial charge >= 0.3 is 5.97 Å². The number of nitrogens with two attached hydrogens (primary N) is 1. The van der Waals surface area contributed by atoms with Gasteiger partial charge in [0.05, 0.1) is 19.1 Å². The zero-order valence-electron chi connectivity index (χ0n) is 19.4. The fourth-order valence-corrected chi connectivity index (χ4v) is 3.46. The summed E-state index contributed by atoms with van der Waals surface area (Å²) in [7, 11) is 0. The van der Waals surface area contributed by atoms with Crippen LogP contribution in [0.1, 0.15) is 51.4 Å². The van der Waals surface area contributed by atoms with E-state index in [1.165, 1.54) is 0 Å². The van der Waals surface area contributed by atoms with Crippen LogP contribution in [0.3, 0.4) is 0 Å². The van der Waals surface area contributed by atoms with E-state index in [0.717, 1.165) is 19.4 Å². The molecule has 0 unspecified atom stereocenters. The molecule has 13 nitrogen and oxygen atoms in total. The largest absolute Gasteiger partial charge is 0.481 e. The van der Waals surface area contributed by atoms with E-state index in [4.69, 9.17) is 10.8 Å². The van der Waals surface area contributed by atoms with Crippen LogP contribution in [0.5, 0.6) is 0 Å². The summed E-state index contributed by atoms with van der Waals surface area (Å²) in [5.41, 5.74) is 5.36. The topological polar surface area (TPSA) is 200 Å². The number of carbonyl (C=O) groups is 6. The standard InChI is InChI=1S/C21H36N6O7/c22-21(34)15-5-3-11-27(15)12-4-7-17(29)26-14-18(30)23-9-1-6-16(28)25-13-19(31)24-10-2-8-20(32)33/h15H,1-14H2,(H2,22,34)(H,23,30)(H,24,31)(H,25,28)(H,26,29)(H,32,33)/t15-/m0/s1. The molecule has 0 aromatic heterocycles. The van der Waals surface area contributed by atoms with Gasteiger partial charge < -0.3 is 32.1 Å². The molecule has 0 saturated carbocycles. The molecule has 34 heavy (non-hydrogen) atoms. The van der Waals surface area contributed by atoms with Crippen molar-refractivity contribution in [2.75, 3.05) is 39.3 Å². The summed E-state index contributed by atoms with van der Waals surface area (Å²) in [5.74, 6) is -2.67. The Morgan fingerprint density at radius 2 is 1.29 bits per heavy atom. The van der Waals surface area contributed by atoms with E-state index in [1.54, 1.807) is 0 Å². The van der Waals surface area contributed by atoms with E-state index in [2.05, 4.69) is 21.3 Å². The number of rotatable bonds is 17. The van der Waals surface area contributed by atoms with Gasteiger partial charge in [-0.3, -0.25) is 33.7 Å². The fourth-order valence-electron chi connectivity index (χ4n) is 3.46. The number of nitrogens with zero attached hydrogens (tertiary/aromatic N) is 1. The van der Waals surface area contributed by atoms with Crippen molar-refractivity contribution < 1.29 is 33.9 Å². The van der Waals surface area contributed by atoms with E-state index < -0.39 is 11.9 Å². The summed E-state index contributed by atoms with van der Waals surface area (Å²) in [4.78, 5) is 70.6. The summed E-state index contributed by atoms with van der Waals surface area (Å²) in [5, 5.41) is 18.6. The molecule has 1 atom stereocenters. The summed E-state index contributed by atoms with van der Waals surface area (Å²) < 4.78 is 0. The number of aliphatic carboxylic acids is 1. The minimum atomic E-state index is -0.939. The second-order valence-corrected chi connectivity index (χ2v) is 8.05. The number of hydrogen-bond acceptors (Lipinski definition) is 7. The van der Waals surface area contributed by atoms with Crippen LogP contribution in [0.15, 0.2) is 0 Å². The summed E-state index contributed by atoms with van der Waals surface area (Å²) in [6.45, 7) is 1.48. The van der Waals surface area contributed by atoms with Crippen LogP contribution >= 0.6 is 0 Å². The van der Waals surface area contributed by atoms with Crippen molar-refractivity contribution in [3.63, 3.8) is 0 Å². The molecule has 1 fully saturated rings. The van der Waals surface area contributed by atoms with Gasteiger partial charge in [-0.25, -0.2) is 0 Å². The molecule has 5 amide bonds. The Morgan fingerprint density at radius 1 is 0.765 bits per heavy atom. The van der Waals surface area contributed by atoms with Crippen molar-refractivity contribution in [2.45, 2.75) is 57.4 Å². The van der Waals surface area contributed by atoms with Crippen molar-refractivity contribution in [1.29, 1.82) is 0 Å². The third-order valence-electron chi connectivity index (χ3n) is 5.23. The second-order valence-electron chi connectivity index (χ2n) is 8.05. The Bertz CT molecular complexity index is 730. The molecule has 0 aliphatic carbocycles. The predicted molar refractivity (Wildman–Crippen MR) is 121 cm³/mol. The van der Waals surface area contributed by atoms with Crippen molar-refractivity contribution in [3.8, 4) is 0 Å². The number of carbonyl (C=O) groups excluding carboxylic acids is 5. The van der Waals surface area contributed by atoms with Crippen molar-refractivity contribution in [1.82, 2.24) is 26.2 Å². The minimum Gasteiger partial charge on any atom is -0.481 e. The van der Waals surface area contributed by atoms with Gasteiger partial charge in [0, 0.05) is 32.4 Å². The molecular formula is C21H36N6O7. The summed E-state index contributed by atoms with van der Waals surface area (Å²) in [6.07, 6.45) is 3.20. The van der Waals surface area contributed by atoms with Crippen LogP contribution in [0.25, 0.3) is 0 Å². The SMILES string of the molecule is NC(=O)[C@@H]1CCCN1CCCC(=O)NCC(=O)NCCCC(=O)NCC(=O)NCCCC(=O)O. The number of nitrogens with one attached hydrogen (secondary N) is 4. The first-order valence-electron chi connectivity index (χ1n) is 11.5. The highest BCUT2D eigenvalue weighted by Gasteiger charge is 2.28. The summed E-state index contributed by atoms with van der Waals surface area (Å²) >= 11 is 0. The van der Waals surface area contributed by atoms with E-state index in [0.29, 0.717) is 25.8 Å². The van der Waals surface area contributed by atoms with E-state index >= 15 is 0 Å². The maximum atomic E-state index is 11.9. The molecular weight excluding hydrogens is 448 g/mol. The highest BCUT2D eigenvalue weighted by molar-refractivity contribution is 5.85. The highest BCUT2D eigenvalue weighted by Crippen LogP contribution is 2.17. The molecule has 0 aromatic carbocycles. The van der Waals surface area contributed by atoms with E-state index in [-0.39, 0.29) is 75.1 Å². The molecule has 1 saturated heterocycles. The normalized spacial score (nSPS) is 15.4. The van der Waals surface area contributed by atoms with Gasteiger partial charge in [0.15, 0.2) is 0 Å². The molecule has 1 heterocycles. The van der Waals surface area contributed by atoms with Gasteiger partial charge in [-0.15, -0.1) is 0 Å². The molecule has 0 aromatic rings. The molecule has 1 aliphatic rings. The average molecular weight is 485 g/mol. The van der Waals surface area contributed by atoms with Crippen molar-refractivity contribution >= 4 is 35.5 Å². The Morgan fingerprint density at radius 3 is 1.82 bits per heavy atom. The van der Waals surface area contributed by atoms with Crippen molar-refractivity contribution in [3.05, 3.63) is 0 Å². The van der Waals surface area contributed by atoms with E-state index in [1.807, 2.05) is 4.90 Å². The molecule has 7 N–H and O–H groups in total. The van der Waals surface area contributed by atoms with Crippen LogP contribution in [-0.4, -0.2) is 90.8 Å². The van der Waals surface area contributed by atoms with Gasteiger partial charge in [0.25, 0.3) is 0 Å². The Labute approximate surface area is 198 Å². The first-order chi connectivity index (χ1) is 16.2. The lowest BCUT2D eigenvalue weighted by Crippen LogP contribution is -2.41. The number of carboxylic acids is 1. The van der Waals surface area contributed by atoms with Crippen LogP contribution < -0.4 is 27.0 Å². The molecule has 192 valence electrons. The second kappa shape index (κ2) is 16.4. The Balaban J connectivity index is 2.01. The molecule has 0 radical (unpaired) electrons. The maximum Gasteiger partial charge on any atom is 0.303 e. The zero-order valence-corrected chi connectivity index (χ0v) is 19.4. The van der Waals surface area contributed by atoms with Gasteiger partial charge in [0.2, 0.25) is 29.5 Å². The number of carboxylic acid groups (broad SMARTS) is 1. The van der Waals surface area contributed by atoms with Gasteiger partial charge in [-0.1, -0.05) is 0 Å². The van der Waals surface area contributed by atoms with Crippen LogP contribution in [0.4, 0.5) is 0 Å². The predicted octanol–water partition coefficient (Wildman–Crippen LogP) is -2.17. The molecule has 13 heteroatoms. The van der Waals surface area contributed by atoms with Gasteiger partial charge in [-0.05, 0) is 45.2 Å². The van der Waals surface area contributed by atoms with Gasteiger partial charge in [-0.2, -0.15) is 0 Å². The molecule has 0 bridgehead atoms. The number of amides is 5.